The minimum absolute atomic E-state index is 0.454. The molecule has 0 aromatic heterocycles. The van der Waals surface area contributed by atoms with Crippen molar-refractivity contribution < 1.29 is 9.59 Å². The van der Waals surface area contributed by atoms with Crippen molar-refractivity contribution >= 4 is 81.2 Å². The summed E-state index contributed by atoms with van der Waals surface area (Å²) >= 11 is 32.1. The summed E-state index contributed by atoms with van der Waals surface area (Å²) in [5, 5.41) is 5.54. The normalized spacial score (nSPS) is 12.9. The molecule has 114 valence electrons. The highest BCUT2D eigenvalue weighted by molar-refractivity contribution is 6.77. The van der Waals surface area contributed by atoms with Gasteiger partial charge in [0.05, 0.1) is 0 Å². The molecular weight excluding hydrogens is 393 g/mol. The van der Waals surface area contributed by atoms with Crippen LogP contribution in [0.25, 0.3) is 0 Å². The van der Waals surface area contributed by atoms with Gasteiger partial charge >= 0.3 is 0 Å². The third-order valence-corrected chi connectivity index (χ3v) is 2.80. The van der Waals surface area contributed by atoms with E-state index in [1.807, 2.05) is 0 Å². The fourth-order valence-corrected chi connectivity index (χ4v) is 1.15. The van der Waals surface area contributed by atoms with Crippen LogP contribution in [0.1, 0.15) is 0 Å². The highest BCUT2D eigenvalue weighted by Crippen LogP contribution is 2.27. The van der Waals surface area contributed by atoms with E-state index in [0.717, 1.165) is 12.2 Å². The van der Waals surface area contributed by atoms with Crippen LogP contribution in [-0.2, 0) is 9.59 Å². The van der Waals surface area contributed by atoms with E-state index in [1.165, 1.54) is 12.4 Å². The van der Waals surface area contributed by atoms with Crippen LogP contribution in [-0.4, -0.2) is 32.2 Å². The Kier molecular flexibility index (Phi) is 9.31. The molecule has 20 heavy (non-hydrogen) atoms. The molecule has 0 fully saturated rings. The third-order valence-electron chi connectivity index (χ3n) is 1.68. The Morgan fingerprint density at radius 2 is 1.05 bits per heavy atom. The fourth-order valence-electron chi connectivity index (χ4n) is 0.769. The fraction of sp³-hybridized carbons (Fsp3) is 0.400. The summed E-state index contributed by atoms with van der Waals surface area (Å²) in [7, 11) is 0. The number of halogens is 6. The molecule has 0 bridgehead atoms. The largest absolute Gasteiger partial charge is 0.389 e. The summed E-state index contributed by atoms with van der Waals surface area (Å²) in [5.74, 6) is -1.31. The lowest BCUT2D eigenvalue weighted by atomic mass is 10.4. The van der Waals surface area contributed by atoms with E-state index < -0.39 is 19.2 Å². The molecule has 2 N–H and O–H groups in total. The molecule has 0 aliphatic carbocycles. The summed E-state index contributed by atoms with van der Waals surface area (Å²) < 4.78 is -3.92. The monoisotopic (exact) mass is 400 g/mol. The van der Waals surface area contributed by atoms with Gasteiger partial charge in [-0.05, 0) is 0 Å². The SMILES string of the molecule is O=C(/C=C/NCCN/C=C/C(=O)C(Cl)(Cl)Cl)C(Cl)(Cl)Cl. The molecule has 4 nitrogen and oxygen atoms in total. The summed E-state index contributed by atoms with van der Waals surface area (Å²) in [6.45, 7) is 0.909. The van der Waals surface area contributed by atoms with Gasteiger partial charge in [0.2, 0.25) is 11.6 Å². The van der Waals surface area contributed by atoms with Crippen molar-refractivity contribution in [3.05, 3.63) is 24.6 Å². The molecular formula is C10H10Cl6N2O2. The molecule has 0 aromatic carbocycles. The average Bonchev–Trinajstić information content (AvgIpc) is 2.29. The highest BCUT2D eigenvalue weighted by atomic mass is 35.6. The van der Waals surface area contributed by atoms with Gasteiger partial charge in [-0.25, -0.2) is 0 Å². The maximum atomic E-state index is 11.1. The van der Waals surface area contributed by atoms with Crippen molar-refractivity contribution in [1.82, 2.24) is 10.6 Å². The van der Waals surface area contributed by atoms with Crippen LogP contribution in [0, 0.1) is 0 Å². The predicted molar refractivity (Wildman–Crippen MR) is 84.9 cm³/mol. The number of hydrogen-bond acceptors (Lipinski definition) is 4. The molecule has 0 spiro atoms. The van der Waals surface area contributed by atoms with Gasteiger partial charge in [-0.15, -0.1) is 0 Å². The van der Waals surface area contributed by atoms with Gasteiger partial charge in [0.15, 0.2) is 0 Å². The van der Waals surface area contributed by atoms with Gasteiger partial charge in [-0.1, -0.05) is 69.6 Å². The quantitative estimate of drug-likeness (QED) is 0.390. The van der Waals surface area contributed by atoms with Crippen LogP contribution in [0.3, 0.4) is 0 Å². The second-order valence-electron chi connectivity index (χ2n) is 3.30. The van der Waals surface area contributed by atoms with Gasteiger partial charge in [0, 0.05) is 37.6 Å². The average molecular weight is 403 g/mol. The van der Waals surface area contributed by atoms with Gasteiger partial charge in [0.25, 0.3) is 7.59 Å². The predicted octanol–water partition coefficient (Wildman–Crippen LogP) is 3.07. The van der Waals surface area contributed by atoms with Crippen molar-refractivity contribution in [3.8, 4) is 0 Å². The number of rotatable bonds is 7. The van der Waals surface area contributed by atoms with E-state index in [1.54, 1.807) is 0 Å². The maximum absolute atomic E-state index is 11.1. The zero-order valence-corrected chi connectivity index (χ0v) is 14.3. The number of ketones is 2. The van der Waals surface area contributed by atoms with E-state index in [0.29, 0.717) is 13.1 Å². The Hall–Kier alpha value is 0.160. The number of carbonyl (C=O) groups is 2. The Morgan fingerprint density at radius 1 is 0.750 bits per heavy atom. The van der Waals surface area contributed by atoms with Crippen molar-refractivity contribution in [3.63, 3.8) is 0 Å². The first-order valence-electron chi connectivity index (χ1n) is 5.07. The summed E-state index contributed by atoms with van der Waals surface area (Å²) in [4.78, 5) is 22.3. The standard InChI is InChI=1S/C10H10Cl6N2O2/c11-9(12,13)7(19)1-3-17-5-6-18-4-2-8(20)10(14,15)16/h1-4,17-18H,5-6H2/b3-1+,4-2+. The zero-order chi connectivity index (χ0) is 15.8. The van der Waals surface area contributed by atoms with Crippen LogP contribution in [0.15, 0.2) is 24.6 Å². The van der Waals surface area contributed by atoms with Crippen LogP contribution in [0.2, 0.25) is 0 Å². The van der Waals surface area contributed by atoms with E-state index in [2.05, 4.69) is 10.6 Å². The molecule has 0 atom stereocenters. The lowest BCUT2D eigenvalue weighted by molar-refractivity contribution is -0.114. The number of allylic oxidation sites excluding steroid dienone is 2. The molecule has 0 aliphatic heterocycles. The molecule has 0 rings (SSSR count). The smallest absolute Gasteiger partial charge is 0.252 e. The van der Waals surface area contributed by atoms with Crippen molar-refractivity contribution in [1.29, 1.82) is 0 Å². The van der Waals surface area contributed by atoms with Crippen LogP contribution in [0.4, 0.5) is 0 Å². The second-order valence-corrected chi connectivity index (χ2v) is 7.86. The number of carbonyl (C=O) groups excluding carboxylic acids is 2. The molecule has 0 aromatic rings. The molecule has 0 unspecified atom stereocenters. The number of alkyl halides is 6. The first-order chi connectivity index (χ1) is 9.05. The molecule has 0 aliphatic rings. The summed E-state index contributed by atoms with van der Waals surface area (Å²) in [6, 6.07) is 0. The van der Waals surface area contributed by atoms with E-state index in [9.17, 15) is 9.59 Å². The number of hydrogen-bond donors (Lipinski definition) is 2. The first-order valence-corrected chi connectivity index (χ1v) is 7.34. The summed E-state index contributed by atoms with van der Waals surface area (Å²) in [6.07, 6.45) is 4.91. The number of nitrogens with one attached hydrogen (secondary N) is 2. The van der Waals surface area contributed by atoms with Gasteiger partial charge in [0.1, 0.15) is 0 Å². The Labute approximate surface area is 146 Å². The minimum Gasteiger partial charge on any atom is -0.389 e. The van der Waals surface area contributed by atoms with Gasteiger partial charge in [-0.3, -0.25) is 9.59 Å². The molecule has 0 radical (unpaired) electrons. The molecule has 0 saturated carbocycles. The van der Waals surface area contributed by atoms with E-state index in [4.69, 9.17) is 69.6 Å². The van der Waals surface area contributed by atoms with Gasteiger partial charge in [-0.2, -0.15) is 0 Å². The highest BCUT2D eigenvalue weighted by Gasteiger charge is 2.28. The lowest BCUT2D eigenvalue weighted by Crippen LogP contribution is -2.23. The first kappa shape index (κ1) is 20.2. The Morgan fingerprint density at radius 3 is 1.30 bits per heavy atom. The molecule has 10 heteroatoms. The molecule has 0 heterocycles. The topological polar surface area (TPSA) is 58.2 Å². The molecule has 0 saturated heterocycles. The van der Waals surface area contributed by atoms with Crippen molar-refractivity contribution in [2.75, 3.05) is 13.1 Å². The van der Waals surface area contributed by atoms with Gasteiger partial charge < -0.3 is 10.6 Å². The lowest BCUT2D eigenvalue weighted by Gasteiger charge is -2.06. The molecule has 0 amide bonds. The van der Waals surface area contributed by atoms with Crippen LogP contribution >= 0.6 is 69.6 Å². The minimum atomic E-state index is -1.96. The zero-order valence-electron chi connectivity index (χ0n) is 9.81. The van der Waals surface area contributed by atoms with Crippen LogP contribution < -0.4 is 10.6 Å². The van der Waals surface area contributed by atoms with Crippen molar-refractivity contribution in [2.45, 2.75) is 7.59 Å². The van der Waals surface area contributed by atoms with E-state index in [-0.39, 0.29) is 0 Å². The van der Waals surface area contributed by atoms with Crippen molar-refractivity contribution in [2.24, 2.45) is 0 Å². The van der Waals surface area contributed by atoms with E-state index >= 15 is 0 Å². The maximum Gasteiger partial charge on any atom is 0.252 e. The van der Waals surface area contributed by atoms with Crippen LogP contribution in [0.5, 0.6) is 0 Å². The summed E-state index contributed by atoms with van der Waals surface area (Å²) in [5.41, 5.74) is 0. The third kappa shape index (κ3) is 9.97. The second kappa shape index (κ2) is 9.23. The Bertz CT molecular complexity index is 360. The Balaban J connectivity index is 3.80.